The van der Waals surface area contributed by atoms with Crippen LogP contribution < -0.4 is 4.74 Å². The smallest absolute Gasteiger partial charge is 0.257 e. The quantitative estimate of drug-likeness (QED) is 0.683. The Morgan fingerprint density at radius 2 is 1.74 bits per heavy atom. The standard InChI is InChI=1S/C22H23N3O2/c26-22(24-15-11-18(12-16-24)17-25-14-6-13-23-25)20-9-4-5-10-21(20)27-19-7-2-1-3-8-19/h1-10,13-14,18H,11-12,15-17H2. The molecule has 1 aromatic heterocycles. The van der Waals surface area contributed by atoms with Crippen LogP contribution in [-0.4, -0.2) is 33.7 Å². The van der Waals surface area contributed by atoms with E-state index in [1.54, 1.807) is 0 Å². The fourth-order valence-electron chi connectivity index (χ4n) is 3.51. The van der Waals surface area contributed by atoms with Crippen LogP contribution in [0.1, 0.15) is 23.2 Å². The van der Waals surface area contributed by atoms with Gasteiger partial charge in [-0.15, -0.1) is 0 Å². The van der Waals surface area contributed by atoms with Crippen molar-refractivity contribution in [2.24, 2.45) is 5.92 Å². The fourth-order valence-corrected chi connectivity index (χ4v) is 3.51. The Bertz CT molecular complexity index is 870. The molecule has 1 saturated heterocycles. The number of ether oxygens (including phenoxy) is 1. The van der Waals surface area contributed by atoms with E-state index in [1.165, 1.54) is 0 Å². The highest BCUT2D eigenvalue weighted by atomic mass is 16.5. The molecular weight excluding hydrogens is 338 g/mol. The van der Waals surface area contributed by atoms with Crippen molar-refractivity contribution in [1.82, 2.24) is 14.7 Å². The van der Waals surface area contributed by atoms with Crippen molar-refractivity contribution in [2.45, 2.75) is 19.4 Å². The van der Waals surface area contributed by atoms with Gasteiger partial charge in [0.2, 0.25) is 0 Å². The second kappa shape index (κ2) is 8.08. The van der Waals surface area contributed by atoms with E-state index in [4.69, 9.17) is 4.74 Å². The minimum absolute atomic E-state index is 0.0408. The Kier molecular flexibility index (Phi) is 5.19. The highest BCUT2D eigenvalue weighted by Crippen LogP contribution is 2.28. The van der Waals surface area contributed by atoms with Crippen LogP contribution in [0.3, 0.4) is 0 Å². The summed E-state index contributed by atoms with van der Waals surface area (Å²) >= 11 is 0. The number of nitrogens with zero attached hydrogens (tertiary/aromatic N) is 3. The summed E-state index contributed by atoms with van der Waals surface area (Å²) in [6.45, 7) is 2.46. The monoisotopic (exact) mass is 361 g/mol. The van der Waals surface area contributed by atoms with Crippen LogP contribution in [0.25, 0.3) is 0 Å². The average Bonchev–Trinajstić information content (AvgIpc) is 3.22. The van der Waals surface area contributed by atoms with Crippen molar-refractivity contribution >= 4 is 5.91 Å². The van der Waals surface area contributed by atoms with Crippen LogP contribution in [-0.2, 0) is 6.54 Å². The molecule has 3 aromatic rings. The lowest BCUT2D eigenvalue weighted by molar-refractivity contribution is 0.0678. The van der Waals surface area contributed by atoms with Gasteiger partial charge in [0.15, 0.2) is 0 Å². The summed E-state index contributed by atoms with van der Waals surface area (Å²) in [7, 11) is 0. The lowest BCUT2D eigenvalue weighted by Crippen LogP contribution is -2.39. The molecular formula is C22H23N3O2. The summed E-state index contributed by atoms with van der Waals surface area (Å²) in [6, 6.07) is 19.0. The minimum atomic E-state index is 0.0408. The van der Waals surface area contributed by atoms with Crippen LogP contribution in [0.15, 0.2) is 73.1 Å². The maximum atomic E-state index is 13.1. The predicted octanol–water partition coefficient (Wildman–Crippen LogP) is 4.23. The Morgan fingerprint density at radius 1 is 1.00 bits per heavy atom. The third-order valence-electron chi connectivity index (χ3n) is 4.99. The first-order valence-corrected chi connectivity index (χ1v) is 9.38. The first-order valence-electron chi connectivity index (χ1n) is 9.38. The summed E-state index contributed by atoms with van der Waals surface area (Å²) < 4.78 is 7.93. The molecule has 0 bridgehead atoms. The van der Waals surface area contributed by atoms with E-state index in [2.05, 4.69) is 5.10 Å². The molecule has 0 unspecified atom stereocenters. The minimum Gasteiger partial charge on any atom is -0.457 e. The van der Waals surface area contributed by atoms with Crippen molar-refractivity contribution in [1.29, 1.82) is 0 Å². The van der Waals surface area contributed by atoms with Crippen LogP contribution in [0.5, 0.6) is 11.5 Å². The molecule has 1 amide bonds. The predicted molar refractivity (Wildman–Crippen MR) is 104 cm³/mol. The van der Waals surface area contributed by atoms with E-state index in [0.29, 0.717) is 17.2 Å². The highest BCUT2D eigenvalue weighted by Gasteiger charge is 2.25. The van der Waals surface area contributed by atoms with Gasteiger partial charge in [0, 0.05) is 32.0 Å². The van der Waals surface area contributed by atoms with E-state index < -0.39 is 0 Å². The van der Waals surface area contributed by atoms with Gasteiger partial charge in [-0.3, -0.25) is 9.48 Å². The van der Waals surface area contributed by atoms with Crippen LogP contribution >= 0.6 is 0 Å². The average molecular weight is 361 g/mol. The molecule has 0 atom stereocenters. The molecule has 0 spiro atoms. The van der Waals surface area contributed by atoms with Gasteiger partial charge in [-0.2, -0.15) is 5.10 Å². The third-order valence-corrected chi connectivity index (χ3v) is 4.99. The molecule has 0 aliphatic carbocycles. The van der Waals surface area contributed by atoms with Crippen LogP contribution in [0.4, 0.5) is 0 Å². The molecule has 0 radical (unpaired) electrons. The molecule has 5 heteroatoms. The third kappa shape index (κ3) is 4.19. The second-order valence-electron chi connectivity index (χ2n) is 6.87. The number of hydrogen-bond acceptors (Lipinski definition) is 3. The number of benzene rings is 2. The summed E-state index contributed by atoms with van der Waals surface area (Å²) in [5, 5.41) is 4.28. The number of carbonyl (C=O) groups is 1. The van der Waals surface area contributed by atoms with E-state index in [1.807, 2.05) is 82.6 Å². The van der Waals surface area contributed by atoms with Gasteiger partial charge in [-0.05, 0) is 49.1 Å². The zero-order valence-electron chi connectivity index (χ0n) is 15.2. The van der Waals surface area contributed by atoms with E-state index in [-0.39, 0.29) is 5.91 Å². The Hall–Kier alpha value is -3.08. The number of para-hydroxylation sites is 2. The maximum Gasteiger partial charge on any atom is 0.257 e. The highest BCUT2D eigenvalue weighted by molar-refractivity contribution is 5.97. The second-order valence-corrected chi connectivity index (χ2v) is 6.87. The first kappa shape index (κ1) is 17.3. The van der Waals surface area contributed by atoms with Gasteiger partial charge in [-0.1, -0.05) is 30.3 Å². The topological polar surface area (TPSA) is 47.4 Å². The lowest BCUT2D eigenvalue weighted by atomic mass is 9.96. The van der Waals surface area contributed by atoms with Crippen LogP contribution in [0.2, 0.25) is 0 Å². The number of piperidine rings is 1. The number of carbonyl (C=O) groups excluding carboxylic acids is 1. The van der Waals surface area contributed by atoms with Gasteiger partial charge in [0.25, 0.3) is 5.91 Å². The van der Waals surface area contributed by atoms with Crippen molar-refractivity contribution in [3.8, 4) is 11.5 Å². The van der Waals surface area contributed by atoms with Crippen molar-refractivity contribution in [3.05, 3.63) is 78.6 Å². The molecule has 0 saturated carbocycles. The molecule has 2 heterocycles. The van der Waals surface area contributed by atoms with Gasteiger partial charge < -0.3 is 9.64 Å². The van der Waals surface area contributed by atoms with E-state index in [0.717, 1.165) is 38.2 Å². The number of aromatic nitrogens is 2. The molecule has 5 nitrogen and oxygen atoms in total. The van der Waals surface area contributed by atoms with E-state index >= 15 is 0 Å². The van der Waals surface area contributed by atoms with Crippen LogP contribution in [0, 0.1) is 5.92 Å². The number of rotatable bonds is 5. The fraction of sp³-hybridized carbons (Fsp3) is 0.273. The van der Waals surface area contributed by atoms with Gasteiger partial charge in [-0.25, -0.2) is 0 Å². The first-order chi connectivity index (χ1) is 13.3. The number of likely N-dealkylation sites (tertiary alicyclic amines) is 1. The Labute approximate surface area is 159 Å². The SMILES string of the molecule is O=C(c1ccccc1Oc1ccccc1)N1CCC(Cn2cccn2)CC1. The van der Waals surface area contributed by atoms with Crippen molar-refractivity contribution < 1.29 is 9.53 Å². The summed E-state index contributed by atoms with van der Waals surface area (Å²) in [5.74, 6) is 1.94. The Morgan fingerprint density at radius 3 is 2.48 bits per heavy atom. The maximum absolute atomic E-state index is 13.1. The summed E-state index contributed by atoms with van der Waals surface area (Å²) in [6.07, 6.45) is 5.79. The summed E-state index contributed by atoms with van der Waals surface area (Å²) in [5.41, 5.74) is 0.617. The molecule has 1 aliphatic heterocycles. The largest absolute Gasteiger partial charge is 0.457 e. The van der Waals surface area contributed by atoms with Crippen molar-refractivity contribution in [2.75, 3.05) is 13.1 Å². The van der Waals surface area contributed by atoms with Crippen molar-refractivity contribution in [3.63, 3.8) is 0 Å². The molecule has 27 heavy (non-hydrogen) atoms. The van der Waals surface area contributed by atoms with E-state index in [9.17, 15) is 4.79 Å². The number of amides is 1. The normalized spacial score (nSPS) is 14.9. The lowest BCUT2D eigenvalue weighted by Gasteiger charge is -2.32. The molecule has 0 N–H and O–H groups in total. The molecule has 1 fully saturated rings. The van der Waals surface area contributed by atoms with Gasteiger partial charge in [0.1, 0.15) is 11.5 Å². The number of hydrogen-bond donors (Lipinski definition) is 0. The molecule has 1 aliphatic rings. The zero-order valence-corrected chi connectivity index (χ0v) is 15.2. The van der Waals surface area contributed by atoms with Gasteiger partial charge >= 0.3 is 0 Å². The summed E-state index contributed by atoms with van der Waals surface area (Å²) in [4.78, 5) is 15.0. The Balaban J connectivity index is 1.41. The zero-order chi connectivity index (χ0) is 18.5. The molecule has 4 rings (SSSR count). The molecule has 2 aromatic carbocycles. The van der Waals surface area contributed by atoms with Gasteiger partial charge in [0.05, 0.1) is 5.56 Å². The molecule has 138 valence electrons.